The number of rotatable bonds is 6. The van der Waals surface area contributed by atoms with Crippen LogP contribution in [0.4, 0.5) is 0 Å². The molecule has 0 heterocycles. The van der Waals surface area contributed by atoms with Gasteiger partial charge in [-0.05, 0) is 6.92 Å². The zero-order valence-corrected chi connectivity index (χ0v) is 7.43. The number of carbonyl (C=O) groups excluding carboxylic acids is 1. The van der Waals surface area contributed by atoms with E-state index in [1.54, 1.807) is 0 Å². The molecule has 0 aliphatic heterocycles. The van der Waals surface area contributed by atoms with Crippen LogP contribution in [-0.4, -0.2) is 25.7 Å². The second-order valence-corrected chi connectivity index (χ2v) is 2.18. The fraction of sp³-hybridized carbons (Fsp3) is 0.444. The largest absolute Gasteiger partial charge is 0.380 e. The van der Waals surface area contributed by atoms with E-state index in [1.807, 2.05) is 6.92 Å². The number of hydrogen-bond donors (Lipinski definition) is 1. The van der Waals surface area contributed by atoms with Crippen LogP contribution in [0.5, 0.6) is 0 Å². The number of carbonyl (C=O) groups is 1. The fourth-order valence-electron chi connectivity index (χ4n) is 0.587. The zero-order chi connectivity index (χ0) is 9.40. The van der Waals surface area contributed by atoms with Gasteiger partial charge in [0.05, 0.1) is 6.61 Å². The van der Waals surface area contributed by atoms with E-state index in [0.29, 0.717) is 25.3 Å². The van der Waals surface area contributed by atoms with E-state index < -0.39 is 0 Å². The lowest BCUT2D eigenvalue weighted by atomic mass is 10.3. The highest BCUT2D eigenvalue weighted by Gasteiger charge is 2.00. The third kappa shape index (κ3) is 4.68. The van der Waals surface area contributed by atoms with Gasteiger partial charge in [-0.3, -0.25) is 4.79 Å². The molecule has 0 unspecified atom stereocenters. The van der Waals surface area contributed by atoms with Crippen LogP contribution in [-0.2, 0) is 9.53 Å². The van der Waals surface area contributed by atoms with Crippen molar-refractivity contribution in [1.82, 2.24) is 5.32 Å². The Morgan fingerprint density at radius 3 is 2.83 bits per heavy atom. The molecular weight excluding hydrogens is 154 g/mol. The van der Waals surface area contributed by atoms with Gasteiger partial charge in [-0.1, -0.05) is 19.2 Å². The minimum Gasteiger partial charge on any atom is -0.380 e. The molecule has 1 N–H and O–H groups in total. The maximum atomic E-state index is 11.0. The molecular formula is C9H15NO2. The highest BCUT2D eigenvalue weighted by atomic mass is 16.5. The lowest BCUT2D eigenvalue weighted by Crippen LogP contribution is -2.27. The van der Waals surface area contributed by atoms with Crippen molar-refractivity contribution in [2.45, 2.75) is 6.92 Å². The van der Waals surface area contributed by atoms with Crippen molar-refractivity contribution in [2.24, 2.45) is 0 Å². The van der Waals surface area contributed by atoms with Crippen LogP contribution >= 0.6 is 0 Å². The highest BCUT2D eigenvalue weighted by molar-refractivity contribution is 5.95. The van der Waals surface area contributed by atoms with E-state index in [-0.39, 0.29) is 5.91 Å². The summed E-state index contributed by atoms with van der Waals surface area (Å²) in [6.45, 7) is 10.6. The summed E-state index contributed by atoms with van der Waals surface area (Å²) in [5, 5.41) is 2.63. The normalized spacial score (nSPS) is 9.08. The smallest absolute Gasteiger partial charge is 0.250 e. The molecule has 0 bridgehead atoms. The van der Waals surface area contributed by atoms with E-state index >= 15 is 0 Å². The average molecular weight is 169 g/mol. The van der Waals surface area contributed by atoms with Gasteiger partial charge in [0.1, 0.15) is 0 Å². The van der Waals surface area contributed by atoms with Gasteiger partial charge in [-0.15, -0.1) is 0 Å². The first-order valence-corrected chi connectivity index (χ1v) is 3.89. The molecule has 0 spiro atoms. The number of hydrogen-bond acceptors (Lipinski definition) is 2. The summed E-state index contributed by atoms with van der Waals surface area (Å²) in [6, 6.07) is 0. The average Bonchev–Trinajstić information content (AvgIpc) is 2.10. The molecule has 0 radical (unpaired) electrons. The van der Waals surface area contributed by atoms with Crippen molar-refractivity contribution in [2.75, 3.05) is 19.8 Å². The highest BCUT2D eigenvalue weighted by Crippen LogP contribution is 1.88. The Bertz CT molecular complexity index is 175. The third-order valence-corrected chi connectivity index (χ3v) is 1.27. The Hall–Kier alpha value is -1.09. The monoisotopic (exact) mass is 169 g/mol. The molecule has 0 aliphatic carbocycles. The predicted molar refractivity (Wildman–Crippen MR) is 48.8 cm³/mol. The van der Waals surface area contributed by atoms with E-state index in [1.165, 1.54) is 6.08 Å². The summed E-state index contributed by atoms with van der Waals surface area (Å²) in [5.41, 5.74) is 0.381. The molecule has 1 amide bonds. The summed E-state index contributed by atoms with van der Waals surface area (Å²) < 4.78 is 5.03. The van der Waals surface area contributed by atoms with Gasteiger partial charge in [-0.25, -0.2) is 0 Å². The molecule has 0 atom stereocenters. The lowest BCUT2D eigenvalue weighted by molar-refractivity contribution is -0.117. The molecule has 12 heavy (non-hydrogen) atoms. The summed E-state index contributed by atoms with van der Waals surface area (Å²) in [5.74, 6) is -0.190. The Morgan fingerprint density at radius 1 is 1.67 bits per heavy atom. The molecule has 68 valence electrons. The van der Waals surface area contributed by atoms with Gasteiger partial charge in [0.2, 0.25) is 0 Å². The van der Waals surface area contributed by atoms with Crippen LogP contribution in [0.25, 0.3) is 0 Å². The van der Waals surface area contributed by atoms with Gasteiger partial charge in [0.15, 0.2) is 0 Å². The lowest BCUT2D eigenvalue weighted by Gasteiger charge is -2.03. The molecule has 0 aliphatic rings. The van der Waals surface area contributed by atoms with Gasteiger partial charge in [-0.2, -0.15) is 0 Å². The maximum Gasteiger partial charge on any atom is 0.250 e. The minimum absolute atomic E-state index is 0.190. The Morgan fingerprint density at radius 2 is 2.33 bits per heavy atom. The second-order valence-electron chi connectivity index (χ2n) is 2.18. The van der Waals surface area contributed by atoms with E-state index in [4.69, 9.17) is 4.74 Å². The van der Waals surface area contributed by atoms with E-state index in [2.05, 4.69) is 18.5 Å². The van der Waals surface area contributed by atoms with Crippen LogP contribution in [0.1, 0.15) is 6.92 Å². The molecule has 0 saturated carbocycles. The van der Waals surface area contributed by atoms with Gasteiger partial charge in [0, 0.05) is 18.7 Å². The van der Waals surface area contributed by atoms with E-state index in [0.717, 1.165) is 0 Å². The summed E-state index contributed by atoms with van der Waals surface area (Å²) in [7, 11) is 0. The Balaban J connectivity index is 3.44. The Labute approximate surface area is 73.1 Å². The summed E-state index contributed by atoms with van der Waals surface area (Å²) in [6.07, 6.45) is 1.43. The van der Waals surface area contributed by atoms with Crippen LogP contribution in [0.15, 0.2) is 24.8 Å². The SMILES string of the molecule is C=CC(=C)C(=O)NCCOCC. The number of ether oxygens (including phenoxy) is 1. The van der Waals surface area contributed by atoms with Crippen molar-refractivity contribution in [3.05, 3.63) is 24.8 Å². The number of nitrogens with one attached hydrogen (secondary N) is 1. The van der Waals surface area contributed by atoms with Gasteiger partial charge < -0.3 is 10.1 Å². The standard InChI is InChI=1S/C9H15NO2/c1-4-8(3)9(11)10-6-7-12-5-2/h4H,1,3,5-7H2,2H3,(H,10,11). The summed E-state index contributed by atoms with van der Waals surface area (Å²) in [4.78, 5) is 11.0. The first kappa shape index (κ1) is 10.9. The molecule has 0 aromatic heterocycles. The van der Waals surface area contributed by atoms with E-state index in [9.17, 15) is 4.79 Å². The van der Waals surface area contributed by atoms with Gasteiger partial charge in [0.25, 0.3) is 5.91 Å². The van der Waals surface area contributed by atoms with Crippen molar-refractivity contribution < 1.29 is 9.53 Å². The molecule has 0 rings (SSSR count). The topological polar surface area (TPSA) is 38.3 Å². The van der Waals surface area contributed by atoms with Crippen molar-refractivity contribution in [1.29, 1.82) is 0 Å². The van der Waals surface area contributed by atoms with Crippen LogP contribution < -0.4 is 5.32 Å². The first-order valence-electron chi connectivity index (χ1n) is 3.89. The summed E-state index contributed by atoms with van der Waals surface area (Å²) >= 11 is 0. The zero-order valence-electron chi connectivity index (χ0n) is 7.43. The van der Waals surface area contributed by atoms with Gasteiger partial charge >= 0.3 is 0 Å². The Kier molecular flexibility index (Phi) is 6.01. The molecule has 0 aromatic carbocycles. The fourth-order valence-corrected chi connectivity index (χ4v) is 0.587. The molecule has 0 saturated heterocycles. The second kappa shape index (κ2) is 6.61. The molecule has 3 nitrogen and oxygen atoms in total. The predicted octanol–water partition coefficient (Wildman–Crippen LogP) is 0.881. The van der Waals surface area contributed by atoms with Crippen molar-refractivity contribution in [3.8, 4) is 0 Å². The molecule has 0 aromatic rings. The van der Waals surface area contributed by atoms with Crippen molar-refractivity contribution in [3.63, 3.8) is 0 Å². The van der Waals surface area contributed by atoms with Crippen LogP contribution in [0.3, 0.4) is 0 Å². The maximum absolute atomic E-state index is 11.0. The van der Waals surface area contributed by atoms with Crippen LogP contribution in [0.2, 0.25) is 0 Å². The van der Waals surface area contributed by atoms with Crippen LogP contribution in [0, 0.1) is 0 Å². The third-order valence-electron chi connectivity index (χ3n) is 1.27. The number of amides is 1. The quantitative estimate of drug-likeness (QED) is 0.364. The molecule has 3 heteroatoms. The minimum atomic E-state index is -0.190. The van der Waals surface area contributed by atoms with Crippen molar-refractivity contribution >= 4 is 5.91 Å². The molecule has 0 fully saturated rings. The first-order chi connectivity index (χ1) is 5.72.